The van der Waals surface area contributed by atoms with Crippen LogP contribution in [0.15, 0.2) is 82.6 Å². The van der Waals surface area contributed by atoms with E-state index in [0.29, 0.717) is 5.66 Å². The molecular weight excluding hydrogens is 434 g/mol. The lowest BCUT2D eigenvalue weighted by Crippen LogP contribution is -2.26. The van der Waals surface area contributed by atoms with E-state index in [-0.39, 0.29) is 7.92 Å². The quantitative estimate of drug-likeness (QED) is 0.273. The molecule has 2 heteroatoms. The molecule has 4 aliphatic carbocycles. The molecule has 5 rings (SSSR count). The summed E-state index contributed by atoms with van der Waals surface area (Å²) in [6.45, 7) is 2.60. The van der Waals surface area contributed by atoms with Crippen molar-refractivity contribution in [2.24, 2.45) is 0 Å². The lowest BCUT2D eigenvalue weighted by Gasteiger charge is -2.43. The molecule has 173 valence electrons. The van der Waals surface area contributed by atoms with Gasteiger partial charge >= 0.3 is 0 Å². The van der Waals surface area contributed by atoms with Gasteiger partial charge in [-0.3, -0.25) is 0 Å². The predicted octanol–water partition coefficient (Wildman–Crippen LogP) is 9.36. The van der Waals surface area contributed by atoms with Crippen LogP contribution in [0.5, 0.6) is 0 Å². The molecule has 1 unspecified atom stereocenters. The standard InChI is InChI=1S/C31H39P2/c1-25(32(26-15-6-2-7-16-26)27-17-8-3-9-18-27)30-23-14-24-31(30)33(28-19-10-4-11-20-28)29-21-12-5-13-22-29/h4-5,10-14,19-21,24-27H,2-3,6-9,15-18,22H2,1H3/t25-,33?/m1/s1. The van der Waals surface area contributed by atoms with Crippen LogP contribution in [0.4, 0.5) is 0 Å². The molecule has 0 spiro atoms. The van der Waals surface area contributed by atoms with E-state index in [1.165, 1.54) is 69.5 Å². The molecule has 0 heterocycles. The van der Waals surface area contributed by atoms with Crippen molar-refractivity contribution in [3.63, 3.8) is 0 Å². The van der Waals surface area contributed by atoms with Gasteiger partial charge in [0.2, 0.25) is 0 Å². The maximum Gasteiger partial charge on any atom is 0.00984 e. The van der Waals surface area contributed by atoms with Crippen LogP contribution in [0.25, 0.3) is 0 Å². The summed E-state index contributed by atoms with van der Waals surface area (Å²) in [5.41, 5.74) is 8.04. The lowest BCUT2D eigenvalue weighted by atomic mass is 9.99. The fraction of sp³-hybridized carbons (Fsp3) is 0.484. The number of rotatable bonds is 7. The van der Waals surface area contributed by atoms with Crippen molar-refractivity contribution in [2.75, 3.05) is 0 Å². The molecule has 1 aromatic carbocycles. The average Bonchev–Trinajstić information content (AvgIpc) is 3.36. The summed E-state index contributed by atoms with van der Waals surface area (Å²) >= 11 is 0. The van der Waals surface area contributed by atoms with Crippen LogP contribution in [0.2, 0.25) is 0 Å². The van der Waals surface area contributed by atoms with E-state index >= 15 is 0 Å². The maximum absolute atomic E-state index is 3.83. The molecule has 2 atom stereocenters. The van der Waals surface area contributed by atoms with Gasteiger partial charge in [0.05, 0.1) is 0 Å². The number of hydrogen-bond donors (Lipinski definition) is 0. The van der Waals surface area contributed by atoms with Gasteiger partial charge in [-0.2, -0.15) is 0 Å². The molecule has 0 amide bonds. The fourth-order valence-corrected chi connectivity index (χ4v) is 13.5. The lowest BCUT2D eigenvalue weighted by molar-refractivity contribution is 0.482. The summed E-state index contributed by atoms with van der Waals surface area (Å²) in [5.74, 6) is 0. The highest BCUT2D eigenvalue weighted by molar-refractivity contribution is 7.74. The Kier molecular flexibility index (Phi) is 8.21. The van der Waals surface area contributed by atoms with Gasteiger partial charge in [0, 0.05) is 17.7 Å². The van der Waals surface area contributed by atoms with Crippen molar-refractivity contribution < 1.29 is 0 Å². The number of hydrogen-bond acceptors (Lipinski definition) is 0. The molecule has 2 fully saturated rings. The first-order valence-electron chi connectivity index (χ1n) is 13.3. The summed E-state index contributed by atoms with van der Waals surface area (Å²) < 4.78 is 0. The monoisotopic (exact) mass is 473 g/mol. The summed E-state index contributed by atoms with van der Waals surface area (Å²) in [6.07, 6.45) is 29.7. The van der Waals surface area contributed by atoms with Crippen LogP contribution < -0.4 is 5.30 Å². The Bertz CT molecular complexity index is 930. The number of benzene rings is 1. The highest BCUT2D eigenvalue weighted by Gasteiger charge is 2.38. The molecule has 0 N–H and O–H groups in total. The smallest absolute Gasteiger partial charge is 0.00984 e. The van der Waals surface area contributed by atoms with Crippen molar-refractivity contribution in [3.05, 3.63) is 89.1 Å². The van der Waals surface area contributed by atoms with Gasteiger partial charge in [0.15, 0.2) is 0 Å². The molecule has 33 heavy (non-hydrogen) atoms. The van der Waals surface area contributed by atoms with E-state index in [9.17, 15) is 0 Å². The van der Waals surface area contributed by atoms with E-state index in [1.807, 2.05) is 0 Å². The largest absolute Gasteiger partial charge is 0.116 e. The van der Waals surface area contributed by atoms with Gasteiger partial charge in [-0.05, 0) is 79.4 Å². The van der Waals surface area contributed by atoms with Crippen molar-refractivity contribution in [2.45, 2.75) is 94.5 Å². The molecule has 0 bridgehead atoms. The topological polar surface area (TPSA) is 0 Å². The predicted molar refractivity (Wildman–Crippen MR) is 149 cm³/mol. The average molecular weight is 474 g/mol. The van der Waals surface area contributed by atoms with Crippen LogP contribution >= 0.6 is 15.8 Å². The van der Waals surface area contributed by atoms with E-state index < -0.39 is 7.92 Å². The SMILES string of the molecule is C[C@H](C1=C=CC=C1P(C1=C[CH]C=CC1)c1ccccc1)P(C1CCCCC1)C1CCCCC1. The zero-order valence-corrected chi connectivity index (χ0v) is 22.0. The minimum atomic E-state index is -0.487. The first kappa shape index (κ1) is 23.6. The van der Waals surface area contributed by atoms with Crippen LogP contribution in [0.3, 0.4) is 0 Å². The zero-order chi connectivity index (χ0) is 22.5. The molecule has 1 radical (unpaired) electrons. The molecule has 1 aromatic rings. The first-order chi connectivity index (χ1) is 16.3. The van der Waals surface area contributed by atoms with Crippen molar-refractivity contribution >= 4 is 21.1 Å². The Morgan fingerprint density at radius 3 is 2.12 bits per heavy atom. The molecule has 0 saturated heterocycles. The molecule has 4 aliphatic rings. The third-order valence-electron chi connectivity index (χ3n) is 8.02. The third-order valence-corrected chi connectivity index (χ3v) is 14.5. The van der Waals surface area contributed by atoms with E-state index in [0.717, 1.165) is 17.7 Å². The van der Waals surface area contributed by atoms with Gasteiger partial charge in [0.1, 0.15) is 0 Å². The second-order valence-corrected chi connectivity index (χ2v) is 15.5. The summed E-state index contributed by atoms with van der Waals surface area (Å²) in [7, 11) is -0.485. The highest BCUT2D eigenvalue weighted by Crippen LogP contribution is 2.65. The van der Waals surface area contributed by atoms with Crippen molar-refractivity contribution in [1.29, 1.82) is 0 Å². The molecule has 0 aliphatic heterocycles. The minimum absolute atomic E-state index is 0.00178. The summed E-state index contributed by atoms with van der Waals surface area (Å²) in [6, 6.07) is 11.3. The van der Waals surface area contributed by atoms with Crippen LogP contribution in [0.1, 0.15) is 77.6 Å². The van der Waals surface area contributed by atoms with Crippen molar-refractivity contribution in [1.82, 2.24) is 0 Å². The van der Waals surface area contributed by atoms with E-state index in [2.05, 4.69) is 79.8 Å². The van der Waals surface area contributed by atoms with Gasteiger partial charge in [-0.1, -0.05) is 102 Å². The highest BCUT2D eigenvalue weighted by atomic mass is 31.1. The summed E-state index contributed by atoms with van der Waals surface area (Å²) in [5, 5.41) is 4.68. The third kappa shape index (κ3) is 5.40. The second-order valence-electron chi connectivity index (χ2n) is 10.1. The molecule has 0 nitrogen and oxygen atoms in total. The molecular formula is C31H39P2. The van der Waals surface area contributed by atoms with Gasteiger partial charge in [-0.25, -0.2) is 0 Å². The summed E-state index contributed by atoms with van der Waals surface area (Å²) in [4.78, 5) is 0. The second kappa shape index (κ2) is 11.5. The molecule has 0 aromatic heterocycles. The first-order valence-corrected chi connectivity index (χ1v) is 16.2. The minimum Gasteiger partial charge on any atom is -0.116 e. The van der Waals surface area contributed by atoms with E-state index in [4.69, 9.17) is 0 Å². The van der Waals surface area contributed by atoms with Crippen LogP contribution in [-0.2, 0) is 0 Å². The van der Waals surface area contributed by atoms with Gasteiger partial charge in [0.25, 0.3) is 0 Å². The van der Waals surface area contributed by atoms with Crippen LogP contribution in [-0.4, -0.2) is 17.0 Å². The Morgan fingerprint density at radius 1 is 0.848 bits per heavy atom. The van der Waals surface area contributed by atoms with Gasteiger partial charge in [-0.15, -0.1) is 5.73 Å². The van der Waals surface area contributed by atoms with E-state index in [1.54, 1.807) is 16.2 Å². The zero-order valence-electron chi connectivity index (χ0n) is 20.3. The van der Waals surface area contributed by atoms with Gasteiger partial charge < -0.3 is 0 Å². The Hall–Kier alpha value is -1.18. The Morgan fingerprint density at radius 2 is 1.52 bits per heavy atom. The molecule has 2 saturated carbocycles. The maximum atomic E-state index is 3.83. The number of allylic oxidation sites excluding steroid dienone is 7. The fourth-order valence-electron chi connectivity index (χ4n) is 6.45. The Labute approximate surface area is 204 Å². The van der Waals surface area contributed by atoms with Crippen molar-refractivity contribution in [3.8, 4) is 0 Å². The Balaban J connectivity index is 1.46. The normalized spacial score (nSPS) is 23.9. The van der Waals surface area contributed by atoms with Crippen LogP contribution in [0, 0.1) is 6.42 Å².